The van der Waals surface area contributed by atoms with Crippen LogP contribution in [0, 0.1) is 0 Å². The number of nitrogens with two attached hydrogens (primary N) is 1. The molecule has 0 aliphatic carbocycles. The van der Waals surface area contributed by atoms with E-state index in [1.165, 1.54) is 12.0 Å². The highest BCUT2D eigenvalue weighted by Gasteiger charge is 2.11. The van der Waals surface area contributed by atoms with Crippen LogP contribution in [-0.2, 0) is 0 Å². The first kappa shape index (κ1) is 14.0. The van der Waals surface area contributed by atoms with Crippen molar-refractivity contribution in [2.75, 3.05) is 40.0 Å². The third-order valence-electron chi connectivity index (χ3n) is 3.17. The van der Waals surface area contributed by atoms with Gasteiger partial charge in [0.2, 0.25) is 0 Å². The van der Waals surface area contributed by atoms with Crippen LogP contribution < -0.4 is 5.73 Å². The predicted octanol–water partition coefficient (Wildman–Crippen LogP) is 2.21. The zero-order valence-corrected chi connectivity index (χ0v) is 11.5. The van der Waals surface area contributed by atoms with E-state index in [1.54, 1.807) is 0 Å². The Morgan fingerprint density at radius 2 is 1.88 bits per heavy atom. The predicted molar refractivity (Wildman–Crippen MR) is 75.1 cm³/mol. The van der Waals surface area contributed by atoms with E-state index >= 15 is 0 Å². The molecule has 0 bridgehead atoms. The van der Waals surface area contributed by atoms with Crippen molar-refractivity contribution >= 4 is 5.69 Å². The number of rotatable bonds is 6. The standard InChI is InChI=1S/C14H25N3/c1-12(13-7-5-8-14(15)11-13)17(4)10-6-9-16(2)3/h5,7-8,11-12H,6,9-10,15H2,1-4H3. The van der Waals surface area contributed by atoms with Crippen LogP contribution in [0.4, 0.5) is 5.69 Å². The lowest BCUT2D eigenvalue weighted by Gasteiger charge is -2.25. The molecule has 1 aromatic rings. The van der Waals surface area contributed by atoms with Crippen LogP contribution >= 0.6 is 0 Å². The van der Waals surface area contributed by atoms with Gasteiger partial charge in [-0.05, 0) is 65.3 Å². The number of hydrogen-bond acceptors (Lipinski definition) is 3. The third-order valence-corrected chi connectivity index (χ3v) is 3.17. The number of benzene rings is 1. The summed E-state index contributed by atoms with van der Waals surface area (Å²) < 4.78 is 0. The molecule has 3 heteroatoms. The average molecular weight is 235 g/mol. The minimum atomic E-state index is 0.417. The molecule has 0 saturated carbocycles. The lowest BCUT2D eigenvalue weighted by Crippen LogP contribution is -2.26. The fraction of sp³-hybridized carbons (Fsp3) is 0.571. The molecule has 0 saturated heterocycles. The highest BCUT2D eigenvalue weighted by atomic mass is 15.1. The maximum atomic E-state index is 5.81. The van der Waals surface area contributed by atoms with E-state index < -0.39 is 0 Å². The van der Waals surface area contributed by atoms with Crippen LogP contribution in [0.1, 0.15) is 24.9 Å². The van der Waals surface area contributed by atoms with Crippen molar-refractivity contribution in [3.8, 4) is 0 Å². The van der Waals surface area contributed by atoms with Gasteiger partial charge in [-0.1, -0.05) is 12.1 Å². The molecular weight excluding hydrogens is 210 g/mol. The largest absolute Gasteiger partial charge is 0.399 e. The lowest BCUT2D eigenvalue weighted by atomic mass is 10.1. The fourth-order valence-corrected chi connectivity index (χ4v) is 1.90. The normalized spacial score (nSPS) is 13.3. The first-order valence-electron chi connectivity index (χ1n) is 6.21. The number of anilines is 1. The molecule has 0 spiro atoms. The summed E-state index contributed by atoms with van der Waals surface area (Å²) in [5.41, 5.74) is 7.94. The summed E-state index contributed by atoms with van der Waals surface area (Å²) >= 11 is 0. The highest BCUT2D eigenvalue weighted by molar-refractivity contribution is 5.41. The van der Waals surface area contributed by atoms with Gasteiger partial charge < -0.3 is 10.6 Å². The molecule has 0 fully saturated rings. The minimum Gasteiger partial charge on any atom is -0.399 e. The number of hydrogen-bond donors (Lipinski definition) is 1. The van der Waals surface area contributed by atoms with Crippen LogP contribution in [-0.4, -0.2) is 44.0 Å². The highest BCUT2D eigenvalue weighted by Crippen LogP contribution is 2.20. The van der Waals surface area contributed by atoms with Gasteiger partial charge in [0, 0.05) is 11.7 Å². The van der Waals surface area contributed by atoms with Crippen LogP contribution in [0.15, 0.2) is 24.3 Å². The van der Waals surface area contributed by atoms with Gasteiger partial charge in [-0.2, -0.15) is 0 Å². The molecule has 1 aromatic carbocycles. The molecule has 0 aliphatic rings. The zero-order valence-electron chi connectivity index (χ0n) is 11.5. The molecule has 0 aromatic heterocycles. The smallest absolute Gasteiger partial charge is 0.0317 e. The van der Waals surface area contributed by atoms with E-state index in [9.17, 15) is 0 Å². The second kappa shape index (κ2) is 6.62. The summed E-state index contributed by atoms with van der Waals surface area (Å²) in [6.45, 7) is 4.46. The van der Waals surface area contributed by atoms with Gasteiger partial charge in [0.05, 0.1) is 0 Å². The maximum Gasteiger partial charge on any atom is 0.0317 e. The second-order valence-corrected chi connectivity index (χ2v) is 4.98. The van der Waals surface area contributed by atoms with E-state index in [-0.39, 0.29) is 0 Å². The topological polar surface area (TPSA) is 32.5 Å². The SMILES string of the molecule is CC(c1cccc(N)c1)N(C)CCCN(C)C. The summed E-state index contributed by atoms with van der Waals surface area (Å²) in [5, 5.41) is 0. The van der Waals surface area contributed by atoms with E-state index in [0.717, 1.165) is 18.8 Å². The van der Waals surface area contributed by atoms with Crippen LogP contribution in [0.3, 0.4) is 0 Å². The Morgan fingerprint density at radius 3 is 2.47 bits per heavy atom. The van der Waals surface area contributed by atoms with E-state index in [4.69, 9.17) is 5.73 Å². The summed E-state index contributed by atoms with van der Waals surface area (Å²) in [6.07, 6.45) is 1.19. The van der Waals surface area contributed by atoms with Crippen LogP contribution in [0.2, 0.25) is 0 Å². The maximum absolute atomic E-state index is 5.81. The van der Waals surface area contributed by atoms with Crippen molar-refractivity contribution in [1.29, 1.82) is 0 Å². The Morgan fingerprint density at radius 1 is 1.18 bits per heavy atom. The second-order valence-electron chi connectivity index (χ2n) is 4.98. The Labute approximate surface area is 105 Å². The van der Waals surface area contributed by atoms with Crippen molar-refractivity contribution in [1.82, 2.24) is 9.80 Å². The Balaban J connectivity index is 2.48. The molecule has 2 N–H and O–H groups in total. The lowest BCUT2D eigenvalue weighted by molar-refractivity contribution is 0.244. The number of nitrogens with zero attached hydrogens (tertiary/aromatic N) is 2. The van der Waals surface area contributed by atoms with Gasteiger partial charge in [-0.25, -0.2) is 0 Å². The monoisotopic (exact) mass is 235 g/mol. The van der Waals surface area contributed by atoms with E-state index in [2.05, 4.69) is 50.0 Å². The first-order valence-corrected chi connectivity index (χ1v) is 6.21. The molecular formula is C14H25N3. The summed E-state index contributed by atoms with van der Waals surface area (Å²) in [6, 6.07) is 8.58. The molecule has 0 amide bonds. The molecule has 17 heavy (non-hydrogen) atoms. The molecule has 96 valence electrons. The zero-order chi connectivity index (χ0) is 12.8. The van der Waals surface area contributed by atoms with E-state index in [0.29, 0.717) is 6.04 Å². The van der Waals surface area contributed by atoms with Crippen LogP contribution in [0.5, 0.6) is 0 Å². The Kier molecular flexibility index (Phi) is 5.45. The van der Waals surface area contributed by atoms with Crippen molar-refractivity contribution in [2.24, 2.45) is 0 Å². The molecule has 1 atom stereocenters. The minimum absolute atomic E-state index is 0.417. The van der Waals surface area contributed by atoms with Gasteiger partial charge in [-0.3, -0.25) is 4.90 Å². The molecule has 0 heterocycles. The van der Waals surface area contributed by atoms with Crippen molar-refractivity contribution in [3.05, 3.63) is 29.8 Å². The van der Waals surface area contributed by atoms with Crippen molar-refractivity contribution < 1.29 is 0 Å². The first-order chi connectivity index (χ1) is 8.00. The molecule has 0 aliphatic heterocycles. The van der Waals surface area contributed by atoms with Crippen molar-refractivity contribution in [3.63, 3.8) is 0 Å². The van der Waals surface area contributed by atoms with Crippen LogP contribution in [0.25, 0.3) is 0 Å². The average Bonchev–Trinajstić information content (AvgIpc) is 2.27. The quantitative estimate of drug-likeness (QED) is 0.767. The van der Waals surface area contributed by atoms with Gasteiger partial charge in [0.15, 0.2) is 0 Å². The summed E-state index contributed by atoms with van der Waals surface area (Å²) in [4.78, 5) is 4.59. The van der Waals surface area contributed by atoms with Crippen molar-refractivity contribution in [2.45, 2.75) is 19.4 Å². The molecule has 1 unspecified atom stereocenters. The Hall–Kier alpha value is -1.06. The van der Waals surface area contributed by atoms with Gasteiger partial charge in [0.1, 0.15) is 0 Å². The van der Waals surface area contributed by atoms with Gasteiger partial charge in [-0.15, -0.1) is 0 Å². The van der Waals surface area contributed by atoms with Gasteiger partial charge >= 0.3 is 0 Å². The van der Waals surface area contributed by atoms with E-state index in [1.807, 2.05) is 12.1 Å². The molecule has 1 rings (SSSR count). The third kappa shape index (κ3) is 4.75. The number of nitrogen functional groups attached to an aromatic ring is 1. The van der Waals surface area contributed by atoms with Gasteiger partial charge in [0.25, 0.3) is 0 Å². The molecule has 3 nitrogen and oxygen atoms in total. The summed E-state index contributed by atoms with van der Waals surface area (Å²) in [5.74, 6) is 0. The fourth-order valence-electron chi connectivity index (χ4n) is 1.90. The Bertz CT molecular complexity index is 336. The summed E-state index contributed by atoms with van der Waals surface area (Å²) in [7, 11) is 6.40. The molecule has 0 radical (unpaired) electrons.